The molecule has 0 radical (unpaired) electrons. The van der Waals surface area contributed by atoms with Crippen molar-refractivity contribution in [3.63, 3.8) is 0 Å². The van der Waals surface area contributed by atoms with Gasteiger partial charge in [-0.05, 0) is 35.8 Å². The number of benzene rings is 2. The summed E-state index contributed by atoms with van der Waals surface area (Å²) in [5.41, 5.74) is 3.28. The number of thioether (sulfide) groups is 1. The third-order valence-corrected chi connectivity index (χ3v) is 5.75. The van der Waals surface area contributed by atoms with E-state index in [1.54, 1.807) is 11.3 Å². The van der Waals surface area contributed by atoms with Gasteiger partial charge >= 0.3 is 5.97 Å². The Kier molecular flexibility index (Phi) is 5.33. The summed E-state index contributed by atoms with van der Waals surface area (Å²) in [5.74, 6) is -0.803. The minimum absolute atomic E-state index is 0.0226. The van der Waals surface area contributed by atoms with Crippen LogP contribution in [0.4, 0.5) is 0 Å². The van der Waals surface area contributed by atoms with E-state index in [0.29, 0.717) is 0 Å². The lowest BCUT2D eigenvalue weighted by Gasteiger charge is -2.03. The number of carboxylic acid groups (broad SMARTS) is 1. The highest BCUT2D eigenvalue weighted by Gasteiger charge is 2.11. The molecule has 0 spiro atoms. The third kappa shape index (κ3) is 4.04. The first-order chi connectivity index (χ1) is 11.7. The SMILES string of the molecule is CCc1ccc(/C=C(\SCC(=O)O)c2nc3ccccc3s2)cc1. The first kappa shape index (κ1) is 16.7. The predicted octanol–water partition coefficient (Wildman–Crippen LogP) is 5.17. The Bertz CT molecular complexity index is 849. The highest BCUT2D eigenvalue weighted by Crippen LogP contribution is 2.35. The van der Waals surface area contributed by atoms with Crippen LogP contribution in [0.3, 0.4) is 0 Å². The van der Waals surface area contributed by atoms with Crippen molar-refractivity contribution in [3.8, 4) is 0 Å². The Morgan fingerprint density at radius 2 is 1.96 bits per heavy atom. The molecule has 0 aliphatic carbocycles. The first-order valence-electron chi connectivity index (χ1n) is 7.67. The Balaban J connectivity index is 1.97. The number of aromatic nitrogens is 1. The van der Waals surface area contributed by atoms with E-state index < -0.39 is 5.97 Å². The fourth-order valence-corrected chi connectivity index (χ4v) is 4.13. The molecule has 0 aliphatic heterocycles. The summed E-state index contributed by atoms with van der Waals surface area (Å²) in [5, 5.41) is 9.88. The number of thiazole rings is 1. The van der Waals surface area contributed by atoms with Crippen molar-refractivity contribution in [2.24, 2.45) is 0 Å². The summed E-state index contributed by atoms with van der Waals surface area (Å²) >= 11 is 2.90. The minimum Gasteiger partial charge on any atom is -0.481 e. The Morgan fingerprint density at radius 1 is 1.21 bits per heavy atom. The molecular weight excluding hydrogens is 338 g/mol. The topological polar surface area (TPSA) is 50.2 Å². The average Bonchev–Trinajstić information content (AvgIpc) is 3.03. The zero-order valence-corrected chi connectivity index (χ0v) is 14.9. The van der Waals surface area contributed by atoms with Gasteiger partial charge in [0.1, 0.15) is 5.01 Å². The second-order valence-corrected chi connectivity index (χ2v) is 7.32. The largest absolute Gasteiger partial charge is 0.481 e. The number of rotatable bonds is 6. The van der Waals surface area contributed by atoms with Gasteiger partial charge in [0.05, 0.1) is 16.0 Å². The lowest BCUT2D eigenvalue weighted by molar-refractivity contribution is -0.133. The summed E-state index contributed by atoms with van der Waals surface area (Å²) in [6.07, 6.45) is 3.02. The lowest BCUT2D eigenvalue weighted by Crippen LogP contribution is -1.98. The van der Waals surface area contributed by atoms with Crippen LogP contribution in [0.5, 0.6) is 0 Å². The Labute approximate surface area is 149 Å². The van der Waals surface area contributed by atoms with Gasteiger partial charge in [0.15, 0.2) is 0 Å². The third-order valence-electron chi connectivity index (χ3n) is 3.54. The molecule has 0 saturated heterocycles. The fraction of sp³-hybridized carbons (Fsp3) is 0.158. The van der Waals surface area contributed by atoms with E-state index in [1.807, 2.05) is 30.3 Å². The quantitative estimate of drug-likeness (QED) is 0.662. The minimum atomic E-state index is -0.826. The molecule has 1 aromatic heterocycles. The Morgan fingerprint density at radius 3 is 2.62 bits per heavy atom. The highest BCUT2D eigenvalue weighted by atomic mass is 32.2. The number of hydrogen-bond donors (Lipinski definition) is 1. The van der Waals surface area contributed by atoms with Crippen LogP contribution >= 0.6 is 23.1 Å². The molecule has 0 atom stereocenters. The molecule has 5 heteroatoms. The number of para-hydroxylation sites is 1. The van der Waals surface area contributed by atoms with E-state index >= 15 is 0 Å². The maximum absolute atomic E-state index is 11.0. The van der Waals surface area contributed by atoms with E-state index in [9.17, 15) is 4.79 Å². The van der Waals surface area contributed by atoms with E-state index in [1.165, 1.54) is 17.3 Å². The monoisotopic (exact) mass is 355 g/mol. The van der Waals surface area contributed by atoms with Crippen LogP contribution < -0.4 is 0 Å². The smallest absolute Gasteiger partial charge is 0.313 e. The van der Waals surface area contributed by atoms with Gasteiger partial charge < -0.3 is 5.11 Å². The molecule has 0 saturated carbocycles. The molecular formula is C19H17NO2S2. The number of nitrogens with zero attached hydrogens (tertiary/aromatic N) is 1. The molecule has 122 valence electrons. The summed E-state index contributed by atoms with van der Waals surface area (Å²) in [6, 6.07) is 16.3. The molecule has 0 amide bonds. The van der Waals surface area contributed by atoms with Crippen LogP contribution in [0.1, 0.15) is 23.1 Å². The summed E-state index contributed by atoms with van der Waals surface area (Å²) in [4.78, 5) is 16.5. The number of carboxylic acids is 1. The molecule has 1 N–H and O–H groups in total. The maximum Gasteiger partial charge on any atom is 0.313 e. The molecule has 24 heavy (non-hydrogen) atoms. The standard InChI is InChI=1S/C19H17NO2S2/c1-2-13-7-9-14(10-8-13)11-17(23-12-18(21)22)19-20-15-5-3-4-6-16(15)24-19/h3-11H,2,12H2,1H3,(H,21,22)/b17-11-. The van der Waals surface area contributed by atoms with Crippen LogP contribution in [0.15, 0.2) is 48.5 Å². The van der Waals surface area contributed by atoms with E-state index in [-0.39, 0.29) is 5.75 Å². The van der Waals surface area contributed by atoms with Gasteiger partial charge in [-0.15, -0.1) is 23.1 Å². The second kappa shape index (κ2) is 7.64. The van der Waals surface area contributed by atoms with Crippen molar-refractivity contribution in [3.05, 3.63) is 64.7 Å². The van der Waals surface area contributed by atoms with Gasteiger partial charge in [0, 0.05) is 4.91 Å². The molecule has 3 aromatic rings. The Hall–Kier alpha value is -2.11. The zero-order valence-electron chi connectivity index (χ0n) is 13.2. The summed E-state index contributed by atoms with van der Waals surface area (Å²) in [6.45, 7) is 2.13. The molecule has 3 nitrogen and oxygen atoms in total. The number of aliphatic carboxylic acids is 1. The van der Waals surface area contributed by atoms with Gasteiger partial charge in [-0.25, -0.2) is 4.98 Å². The van der Waals surface area contributed by atoms with Crippen molar-refractivity contribution in [1.29, 1.82) is 0 Å². The van der Waals surface area contributed by atoms with Crippen molar-refractivity contribution >= 4 is 50.3 Å². The molecule has 0 aliphatic rings. The fourth-order valence-electron chi connectivity index (χ4n) is 2.28. The molecule has 2 aromatic carbocycles. The van der Waals surface area contributed by atoms with Gasteiger partial charge in [-0.2, -0.15) is 0 Å². The van der Waals surface area contributed by atoms with Gasteiger partial charge in [0.25, 0.3) is 0 Å². The summed E-state index contributed by atoms with van der Waals surface area (Å²) < 4.78 is 1.11. The van der Waals surface area contributed by atoms with Crippen molar-refractivity contribution in [1.82, 2.24) is 4.98 Å². The van der Waals surface area contributed by atoms with E-state index in [4.69, 9.17) is 5.11 Å². The zero-order chi connectivity index (χ0) is 16.9. The van der Waals surface area contributed by atoms with E-state index in [2.05, 4.69) is 36.2 Å². The van der Waals surface area contributed by atoms with Gasteiger partial charge in [-0.3, -0.25) is 4.79 Å². The van der Waals surface area contributed by atoms with Crippen molar-refractivity contribution in [2.75, 3.05) is 5.75 Å². The number of hydrogen-bond acceptors (Lipinski definition) is 4. The lowest BCUT2D eigenvalue weighted by atomic mass is 10.1. The van der Waals surface area contributed by atoms with Crippen LogP contribution in [0, 0.1) is 0 Å². The maximum atomic E-state index is 11.0. The molecule has 0 unspecified atom stereocenters. The first-order valence-corrected chi connectivity index (χ1v) is 9.47. The van der Waals surface area contributed by atoms with Crippen LogP contribution in [0.2, 0.25) is 0 Å². The number of fused-ring (bicyclic) bond motifs is 1. The highest BCUT2D eigenvalue weighted by molar-refractivity contribution is 8.09. The van der Waals surface area contributed by atoms with Crippen molar-refractivity contribution in [2.45, 2.75) is 13.3 Å². The summed E-state index contributed by atoms with van der Waals surface area (Å²) in [7, 11) is 0. The normalized spacial score (nSPS) is 11.8. The van der Waals surface area contributed by atoms with Crippen LogP contribution in [0.25, 0.3) is 21.2 Å². The molecule has 3 rings (SSSR count). The van der Waals surface area contributed by atoms with Gasteiger partial charge in [0.2, 0.25) is 0 Å². The molecule has 1 heterocycles. The molecule has 0 bridgehead atoms. The van der Waals surface area contributed by atoms with Crippen LogP contribution in [-0.2, 0) is 11.2 Å². The second-order valence-electron chi connectivity index (χ2n) is 5.27. The van der Waals surface area contributed by atoms with E-state index in [0.717, 1.165) is 32.1 Å². The van der Waals surface area contributed by atoms with Crippen molar-refractivity contribution < 1.29 is 9.90 Å². The number of aryl methyl sites for hydroxylation is 1. The van der Waals surface area contributed by atoms with Crippen LogP contribution in [-0.4, -0.2) is 21.8 Å². The predicted molar refractivity (Wildman–Crippen MR) is 103 cm³/mol. The molecule has 0 fully saturated rings. The number of carbonyl (C=O) groups is 1. The average molecular weight is 355 g/mol. The van der Waals surface area contributed by atoms with Gasteiger partial charge in [-0.1, -0.05) is 43.3 Å².